The van der Waals surface area contributed by atoms with Gasteiger partial charge in [-0.1, -0.05) is 29.3 Å². The van der Waals surface area contributed by atoms with Crippen molar-refractivity contribution in [1.82, 2.24) is 0 Å². The summed E-state index contributed by atoms with van der Waals surface area (Å²) in [5.41, 5.74) is 7.19. The Labute approximate surface area is 150 Å². The van der Waals surface area contributed by atoms with Crippen molar-refractivity contribution in [2.24, 2.45) is 11.7 Å². The highest BCUT2D eigenvalue weighted by Crippen LogP contribution is 2.48. The summed E-state index contributed by atoms with van der Waals surface area (Å²) < 4.78 is 5.41. The first-order valence-corrected chi connectivity index (χ1v) is 8.53. The minimum Gasteiger partial charge on any atom is -0.492 e. The maximum atomic E-state index is 12.3. The van der Waals surface area contributed by atoms with Gasteiger partial charge in [0.1, 0.15) is 12.4 Å². The highest BCUT2D eigenvalue weighted by molar-refractivity contribution is 6.42. The van der Waals surface area contributed by atoms with E-state index in [2.05, 4.69) is 5.32 Å². The number of rotatable bonds is 6. The van der Waals surface area contributed by atoms with Crippen LogP contribution in [0.1, 0.15) is 17.9 Å². The van der Waals surface area contributed by atoms with Gasteiger partial charge in [-0.2, -0.15) is 0 Å². The minimum atomic E-state index is -0.0320. The fourth-order valence-electron chi connectivity index (χ4n) is 2.64. The fourth-order valence-corrected chi connectivity index (χ4v) is 2.95. The number of carbonyl (C=O) groups is 1. The van der Waals surface area contributed by atoms with Crippen LogP contribution in [0.3, 0.4) is 0 Å². The third kappa shape index (κ3) is 4.01. The Kier molecular flexibility index (Phi) is 5.29. The van der Waals surface area contributed by atoms with Crippen LogP contribution in [0.5, 0.6) is 5.75 Å². The highest BCUT2D eigenvalue weighted by atomic mass is 35.5. The molecule has 1 aliphatic carbocycles. The van der Waals surface area contributed by atoms with E-state index in [1.165, 1.54) is 0 Å². The molecule has 126 valence electrons. The molecule has 1 aliphatic rings. The molecule has 24 heavy (non-hydrogen) atoms. The summed E-state index contributed by atoms with van der Waals surface area (Å²) >= 11 is 12.0. The molecule has 0 radical (unpaired) electrons. The Hall–Kier alpha value is -1.75. The van der Waals surface area contributed by atoms with Crippen LogP contribution in [0.25, 0.3) is 0 Å². The van der Waals surface area contributed by atoms with Gasteiger partial charge in [0.15, 0.2) is 0 Å². The summed E-state index contributed by atoms with van der Waals surface area (Å²) in [6.07, 6.45) is 0.821. The third-order valence-corrected chi connectivity index (χ3v) is 4.75. The molecule has 3 rings (SSSR count). The largest absolute Gasteiger partial charge is 0.492 e. The van der Waals surface area contributed by atoms with Crippen molar-refractivity contribution in [2.75, 3.05) is 18.5 Å². The molecule has 2 aromatic rings. The number of amides is 1. The van der Waals surface area contributed by atoms with E-state index < -0.39 is 0 Å². The first kappa shape index (κ1) is 17.1. The lowest BCUT2D eigenvalue weighted by Crippen LogP contribution is -2.14. The van der Waals surface area contributed by atoms with Crippen LogP contribution < -0.4 is 15.8 Å². The molecule has 0 heterocycles. The summed E-state index contributed by atoms with van der Waals surface area (Å²) in [7, 11) is 0. The van der Waals surface area contributed by atoms with E-state index in [1.54, 1.807) is 6.07 Å². The number of nitrogens with one attached hydrogen (secondary N) is 1. The van der Waals surface area contributed by atoms with Crippen molar-refractivity contribution < 1.29 is 9.53 Å². The number of ether oxygens (including phenoxy) is 1. The lowest BCUT2D eigenvalue weighted by Gasteiger charge is -2.08. The second kappa shape index (κ2) is 7.43. The Morgan fingerprint density at radius 1 is 1.17 bits per heavy atom. The predicted octanol–water partition coefficient (Wildman–Crippen LogP) is 4.07. The average Bonchev–Trinajstić information content (AvgIpc) is 3.37. The van der Waals surface area contributed by atoms with Crippen LogP contribution in [0, 0.1) is 5.92 Å². The molecule has 4 nitrogen and oxygen atoms in total. The van der Waals surface area contributed by atoms with E-state index in [0.29, 0.717) is 23.2 Å². The van der Waals surface area contributed by atoms with Crippen molar-refractivity contribution in [1.29, 1.82) is 0 Å². The Morgan fingerprint density at radius 2 is 1.92 bits per heavy atom. The second-order valence-corrected chi connectivity index (χ2v) is 6.59. The summed E-state index contributed by atoms with van der Waals surface area (Å²) in [4.78, 5) is 12.3. The third-order valence-electron chi connectivity index (χ3n) is 4.01. The molecule has 0 bridgehead atoms. The van der Waals surface area contributed by atoms with Gasteiger partial charge in [-0.25, -0.2) is 0 Å². The Morgan fingerprint density at radius 3 is 2.58 bits per heavy atom. The number of hydrogen-bond acceptors (Lipinski definition) is 3. The monoisotopic (exact) mass is 364 g/mol. The van der Waals surface area contributed by atoms with E-state index in [4.69, 9.17) is 33.7 Å². The normalized spacial score (nSPS) is 19.0. The number of nitrogens with two attached hydrogens (primary N) is 1. The van der Waals surface area contributed by atoms with Gasteiger partial charge in [0.05, 0.1) is 10.0 Å². The first-order valence-electron chi connectivity index (χ1n) is 7.77. The van der Waals surface area contributed by atoms with Crippen LogP contribution in [-0.4, -0.2) is 19.1 Å². The zero-order valence-corrected chi connectivity index (χ0v) is 14.5. The molecule has 1 amide bonds. The van der Waals surface area contributed by atoms with Gasteiger partial charge in [-0.3, -0.25) is 4.79 Å². The second-order valence-electron chi connectivity index (χ2n) is 5.77. The molecule has 1 fully saturated rings. The molecule has 6 heteroatoms. The smallest absolute Gasteiger partial charge is 0.228 e. The van der Waals surface area contributed by atoms with Crippen molar-refractivity contribution in [3.05, 3.63) is 58.1 Å². The zero-order chi connectivity index (χ0) is 17.1. The summed E-state index contributed by atoms with van der Waals surface area (Å²) in [6.45, 7) is 0.940. The minimum absolute atomic E-state index is 0.0155. The van der Waals surface area contributed by atoms with E-state index in [0.717, 1.165) is 23.4 Å². The molecule has 0 aromatic heterocycles. The van der Waals surface area contributed by atoms with E-state index >= 15 is 0 Å². The van der Waals surface area contributed by atoms with Crippen molar-refractivity contribution in [3.8, 4) is 5.75 Å². The number of hydrogen-bond donors (Lipinski definition) is 2. The molecule has 2 atom stereocenters. The topological polar surface area (TPSA) is 64.3 Å². The first-order chi connectivity index (χ1) is 11.6. The molecule has 0 saturated heterocycles. The zero-order valence-electron chi connectivity index (χ0n) is 13.0. The Bertz CT molecular complexity index is 734. The molecular formula is C18H18Cl2N2O2. The fraction of sp³-hybridized carbons (Fsp3) is 0.278. The van der Waals surface area contributed by atoms with Crippen LogP contribution in [0.4, 0.5) is 5.69 Å². The van der Waals surface area contributed by atoms with Crippen molar-refractivity contribution in [2.45, 2.75) is 12.3 Å². The predicted molar refractivity (Wildman–Crippen MR) is 96.9 cm³/mol. The molecule has 0 spiro atoms. The lowest BCUT2D eigenvalue weighted by atomic mass is 10.1. The van der Waals surface area contributed by atoms with Gasteiger partial charge in [0, 0.05) is 18.2 Å². The number of carbonyl (C=O) groups excluding carboxylic acids is 1. The summed E-state index contributed by atoms with van der Waals surface area (Å²) in [5, 5.41) is 3.98. The van der Waals surface area contributed by atoms with Crippen LogP contribution in [-0.2, 0) is 4.79 Å². The maximum Gasteiger partial charge on any atom is 0.228 e. The van der Waals surface area contributed by atoms with Gasteiger partial charge in [-0.05, 0) is 54.3 Å². The Balaban J connectivity index is 1.57. The average molecular weight is 365 g/mol. The quantitative estimate of drug-likeness (QED) is 0.811. The van der Waals surface area contributed by atoms with Gasteiger partial charge in [0.2, 0.25) is 5.91 Å². The van der Waals surface area contributed by atoms with E-state index in [9.17, 15) is 4.79 Å². The van der Waals surface area contributed by atoms with E-state index in [1.807, 2.05) is 36.4 Å². The molecule has 1 saturated carbocycles. The van der Waals surface area contributed by atoms with Gasteiger partial charge in [0.25, 0.3) is 0 Å². The highest BCUT2D eigenvalue weighted by Gasteiger charge is 2.44. The van der Waals surface area contributed by atoms with Crippen molar-refractivity contribution in [3.63, 3.8) is 0 Å². The molecule has 3 N–H and O–H groups in total. The SMILES string of the molecule is NCCOc1ccc(NC(=O)C2CC2c2ccc(Cl)c(Cl)c2)cc1. The number of halogens is 2. The van der Waals surface area contributed by atoms with Crippen LogP contribution in [0.15, 0.2) is 42.5 Å². The maximum absolute atomic E-state index is 12.3. The molecule has 0 aliphatic heterocycles. The van der Waals surface area contributed by atoms with Crippen LogP contribution >= 0.6 is 23.2 Å². The van der Waals surface area contributed by atoms with Crippen LogP contribution in [0.2, 0.25) is 10.0 Å². The molecular weight excluding hydrogens is 347 g/mol. The van der Waals surface area contributed by atoms with Gasteiger partial charge >= 0.3 is 0 Å². The standard InChI is InChI=1S/C18H18Cl2N2O2/c19-16-6-1-11(9-17(16)20)14-10-15(14)18(23)22-12-2-4-13(5-3-12)24-8-7-21/h1-6,9,14-15H,7-8,10,21H2,(H,22,23). The van der Waals surface area contributed by atoms with E-state index in [-0.39, 0.29) is 17.7 Å². The summed E-state index contributed by atoms with van der Waals surface area (Å²) in [5.74, 6) is 0.919. The van der Waals surface area contributed by atoms with Gasteiger partial charge in [-0.15, -0.1) is 0 Å². The molecule has 2 aromatic carbocycles. The van der Waals surface area contributed by atoms with Gasteiger partial charge < -0.3 is 15.8 Å². The number of anilines is 1. The lowest BCUT2D eigenvalue weighted by molar-refractivity contribution is -0.117. The molecule has 2 unspecified atom stereocenters. The van der Waals surface area contributed by atoms with Crippen molar-refractivity contribution >= 4 is 34.8 Å². The number of benzene rings is 2. The summed E-state index contributed by atoms with van der Waals surface area (Å²) in [6, 6.07) is 12.8.